The van der Waals surface area contributed by atoms with E-state index >= 15 is 0 Å². The van der Waals surface area contributed by atoms with E-state index in [-0.39, 0.29) is 12.6 Å². The van der Waals surface area contributed by atoms with E-state index < -0.39 is 0 Å². The van der Waals surface area contributed by atoms with Crippen molar-refractivity contribution in [3.8, 4) is 0 Å². The summed E-state index contributed by atoms with van der Waals surface area (Å²) >= 11 is 0. The standard InChI is InChI=1S/C17H27FN4/c18-10-15-3-6-22(12-15)17-9-14(11-19)1-2-16(17)13-21-7-4-20-5-8-21/h1-2,9,15,20H,3-8,10-13,19H2/t15-/m1/s1. The third-order valence-electron chi connectivity index (χ3n) is 4.83. The topological polar surface area (TPSA) is 44.5 Å². The summed E-state index contributed by atoms with van der Waals surface area (Å²) in [6.45, 7) is 7.40. The molecule has 2 aliphatic rings. The maximum Gasteiger partial charge on any atom is 0.0940 e. The third kappa shape index (κ3) is 3.59. The second-order valence-corrected chi connectivity index (χ2v) is 6.45. The zero-order chi connectivity index (χ0) is 15.4. The lowest BCUT2D eigenvalue weighted by atomic mass is 10.1. The molecule has 122 valence electrons. The maximum absolute atomic E-state index is 12.9. The van der Waals surface area contributed by atoms with Gasteiger partial charge < -0.3 is 16.0 Å². The molecule has 0 saturated carbocycles. The zero-order valence-electron chi connectivity index (χ0n) is 13.2. The highest BCUT2D eigenvalue weighted by molar-refractivity contribution is 5.56. The summed E-state index contributed by atoms with van der Waals surface area (Å²) in [5.74, 6) is 0.188. The Morgan fingerprint density at radius 3 is 2.73 bits per heavy atom. The SMILES string of the molecule is NCc1ccc(CN2CCNCC2)c(N2CC[C@H](CF)C2)c1. The molecule has 3 N–H and O–H groups in total. The lowest BCUT2D eigenvalue weighted by Gasteiger charge is -2.30. The fourth-order valence-corrected chi connectivity index (χ4v) is 3.45. The van der Waals surface area contributed by atoms with Crippen molar-refractivity contribution in [2.24, 2.45) is 11.7 Å². The van der Waals surface area contributed by atoms with Crippen molar-refractivity contribution >= 4 is 5.69 Å². The van der Waals surface area contributed by atoms with Crippen LogP contribution >= 0.6 is 0 Å². The van der Waals surface area contributed by atoms with Crippen LogP contribution in [0.5, 0.6) is 0 Å². The van der Waals surface area contributed by atoms with Crippen molar-refractivity contribution in [2.75, 3.05) is 50.8 Å². The Morgan fingerprint density at radius 1 is 1.23 bits per heavy atom. The van der Waals surface area contributed by atoms with Crippen LogP contribution in [0.2, 0.25) is 0 Å². The predicted molar refractivity (Wildman–Crippen MR) is 88.8 cm³/mol. The molecule has 2 heterocycles. The van der Waals surface area contributed by atoms with E-state index in [4.69, 9.17) is 5.73 Å². The van der Waals surface area contributed by atoms with E-state index in [0.717, 1.165) is 57.8 Å². The summed E-state index contributed by atoms with van der Waals surface area (Å²) in [5, 5.41) is 3.39. The monoisotopic (exact) mass is 306 g/mol. The van der Waals surface area contributed by atoms with Gasteiger partial charge in [-0.25, -0.2) is 0 Å². The number of hydrogen-bond acceptors (Lipinski definition) is 4. The molecule has 0 unspecified atom stereocenters. The number of anilines is 1. The molecular weight excluding hydrogens is 279 g/mol. The largest absolute Gasteiger partial charge is 0.371 e. The molecule has 0 aliphatic carbocycles. The van der Waals surface area contributed by atoms with Crippen molar-refractivity contribution in [1.29, 1.82) is 0 Å². The van der Waals surface area contributed by atoms with Crippen molar-refractivity contribution in [2.45, 2.75) is 19.5 Å². The molecule has 0 amide bonds. The Labute approximate surface area is 132 Å². The van der Waals surface area contributed by atoms with Gasteiger partial charge >= 0.3 is 0 Å². The van der Waals surface area contributed by atoms with Crippen LogP contribution < -0.4 is 16.0 Å². The van der Waals surface area contributed by atoms with Gasteiger partial charge in [-0.2, -0.15) is 0 Å². The first-order chi connectivity index (χ1) is 10.8. The highest BCUT2D eigenvalue weighted by Gasteiger charge is 2.25. The molecule has 1 aromatic rings. The Kier molecular flexibility index (Phi) is 5.28. The minimum atomic E-state index is -0.208. The molecule has 2 fully saturated rings. The average molecular weight is 306 g/mol. The quantitative estimate of drug-likeness (QED) is 0.862. The maximum atomic E-state index is 12.9. The lowest BCUT2D eigenvalue weighted by Crippen LogP contribution is -2.43. The summed E-state index contributed by atoms with van der Waals surface area (Å²) in [7, 11) is 0. The Balaban J connectivity index is 1.78. The van der Waals surface area contributed by atoms with Crippen LogP contribution in [-0.4, -0.2) is 50.8 Å². The first kappa shape index (κ1) is 15.7. The van der Waals surface area contributed by atoms with E-state index in [1.165, 1.54) is 11.3 Å². The number of rotatable bonds is 5. The number of nitrogens with two attached hydrogens (primary N) is 1. The van der Waals surface area contributed by atoms with Crippen LogP contribution in [0.3, 0.4) is 0 Å². The minimum absolute atomic E-state index is 0.188. The van der Waals surface area contributed by atoms with Gasteiger partial charge in [0.25, 0.3) is 0 Å². The number of benzene rings is 1. The van der Waals surface area contributed by atoms with Crippen LogP contribution in [-0.2, 0) is 13.1 Å². The second-order valence-electron chi connectivity index (χ2n) is 6.45. The molecule has 4 nitrogen and oxygen atoms in total. The van der Waals surface area contributed by atoms with E-state index in [9.17, 15) is 4.39 Å². The van der Waals surface area contributed by atoms with Crippen LogP contribution in [0, 0.1) is 5.92 Å². The molecule has 0 radical (unpaired) electrons. The number of halogens is 1. The van der Waals surface area contributed by atoms with E-state index in [2.05, 4.69) is 33.3 Å². The summed E-state index contributed by atoms with van der Waals surface area (Å²) in [4.78, 5) is 4.83. The number of piperazine rings is 1. The Bertz CT molecular complexity index is 488. The molecule has 22 heavy (non-hydrogen) atoms. The summed E-state index contributed by atoms with van der Waals surface area (Å²) in [6, 6.07) is 6.55. The molecule has 1 atom stereocenters. The lowest BCUT2D eigenvalue weighted by molar-refractivity contribution is 0.233. The molecule has 0 spiro atoms. The van der Waals surface area contributed by atoms with Gasteiger partial charge in [-0.1, -0.05) is 12.1 Å². The van der Waals surface area contributed by atoms with Crippen LogP contribution in [0.25, 0.3) is 0 Å². The van der Waals surface area contributed by atoms with Crippen LogP contribution in [0.4, 0.5) is 10.1 Å². The van der Waals surface area contributed by atoms with E-state index in [1.807, 2.05) is 0 Å². The minimum Gasteiger partial charge on any atom is -0.371 e. The number of nitrogens with zero attached hydrogens (tertiary/aromatic N) is 2. The van der Waals surface area contributed by atoms with Gasteiger partial charge in [0.15, 0.2) is 0 Å². The van der Waals surface area contributed by atoms with Gasteiger partial charge in [0.1, 0.15) is 0 Å². The van der Waals surface area contributed by atoms with Gasteiger partial charge in [-0.05, 0) is 23.6 Å². The molecule has 2 saturated heterocycles. The molecule has 0 aromatic heterocycles. The first-order valence-corrected chi connectivity index (χ1v) is 8.36. The van der Waals surface area contributed by atoms with Gasteiger partial charge in [-0.3, -0.25) is 9.29 Å². The van der Waals surface area contributed by atoms with Crippen molar-refractivity contribution in [3.05, 3.63) is 29.3 Å². The normalized spacial score (nSPS) is 23.2. The van der Waals surface area contributed by atoms with Crippen molar-refractivity contribution < 1.29 is 4.39 Å². The van der Waals surface area contributed by atoms with Crippen molar-refractivity contribution in [3.63, 3.8) is 0 Å². The van der Waals surface area contributed by atoms with Gasteiger partial charge in [0.2, 0.25) is 0 Å². The Hall–Kier alpha value is -1.17. The van der Waals surface area contributed by atoms with Crippen LogP contribution in [0.15, 0.2) is 18.2 Å². The van der Waals surface area contributed by atoms with E-state index in [1.54, 1.807) is 0 Å². The fraction of sp³-hybridized carbons (Fsp3) is 0.647. The number of nitrogens with one attached hydrogen (secondary N) is 1. The van der Waals surface area contributed by atoms with E-state index in [0.29, 0.717) is 6.54 Å². The van der Waals surface area contributed by atoms with Gasteiger partial charge in [0, 0.05) is 64.0 Å². The molecule has 5 heteroatoms. The van der Waals surface area contributed by atoms with Crippen molar-refractivity contribution in [1.82, 2.24) is 10.2 Å². The number of hydrogen-bond donors (Lipinski definition) is 2. The molecule has 0 bridgehead atoms. The average Bonchev–Trinajstić information content (AvgIpc) is 3.05. The fourth-order valence-electron chi connectivity index (χ4n) is 3.45. The second kappa shape index (κ2) is 7.40. The summed E-state index contributed by atoms with van der Waals surface area (Å²) < 4.78 is 12.9. The number of alkyl halides is 1. The molecule has 2 aliphatic heterocycles. The molecule has 1 aromatic carbocycles. The summed E-state index contributed by atoms with van der Waals surface area (Å²) in [6.07, 6.45) is 0.955. The zero-order valence-corrected chi connectivity index (χ0v) is 13.2. The van der Waals surface area contributed by atoms with Gasteiger partial charge in [-0.15, -0.1) is 0 Å². The summed E-state index contributed by atoms with van der Waals surface area (Å²) in [5.41, 5.74) is 9.57. The highest BCUT2D eigenvalue weighted by Crippen LogP contribution is 2.29. The smallest absolute Gasteiger partial charge is 0.0940 e. The van der Waals surface area contributed by atoms with Gasteiger partial charge in [0.05, 0.1) is 6.67 Å². The molecule has 3 rings (SSSR count). The predicted octanol–water partition coefficient (Wildman–Crippen LogP) is 1.35. The van der Waals surface area contributed by atoms with Crippen LogP contribution in [0.1, 0.15) is 17.5 Å². The third-order valence-corrected chi connectivity index (χ3v) is 4.83. The Morgan fingerprint density at radius 2 is 2.05 bits per heavy atom. The molecular formula is C17H27FN4. The highest BCUT2D eigenvalue weighted by atomic mass is 19.1. The first-order valence-electron chi connectivity index (χ1n) is 8.36.